The third-order valence-electron chi connectivity index (χ3n) is 6.23. The summed E-state index contributed by atoms with van der Waals surface area (Å²) in [5.41, 5.74) is 11.0. The van der Waals surface area contributed by atoms with E-state index in [-0.39, 0.29) is 39.8 Å². The molecule has 0 aliphatic carbocycles. The topological polar surface area (TPSA) is 152 Å². The number of nitrogens with one attached hydrogen (secondary N) is 2. The number of aromatic nitrogens is 2. The maximum Gasteiger partial charge on any atom is 0.279 e. The van der Waals surface area contributed by atoms with E-state index < -0.39 is 5.91 Å². The summed E-state index contributed by atoms with van der Waals surface area (Å²) in [6.45, 7) is 3.17. The Labute approximate surface area is 179 Å². The van der Waals surface area contributed by atoms with Crippen molar-refractivity contribution in [1.29, 1.82) is 0 Å². The smallest absolute Gasteiger partial charge is 0.279 e. The van der Waals surface area contributed by atoms with Crippen molar-refractivity contribution in [3.63, 3.8) is 0 Å². The van der Waals surface area contributed by atoms with Crippen LogP contribution in [0.5, 0.6) is 0 Å². The molecular formula is C19H27ClN8O2. The fourth-order valence-electron chi connectivity index (χ4n) is 4.46. The molecule has 2 saturated heterocycles. The molecule has 0 aromatic carbocycles. The lowest BCUT2D eigenvalue weighted by atomic mass is 9.85. The molecule has 11 heteroatoms. The summed E-state index contributed by atoms with van der Waals surface area (Å²) >= 11 is 5.86. The highest BCUT2D eigenvalue weighted by Crippen LogP contribution is 2.36. The molecule has 1 unspecified atom stereocenters. The van der Waals surface area contributed by atoms with Crippen LogP contribution < -0.4 is 22.1 Å². The predicted molar refractivity (Wildman–Crippen MR) is 114 cm³/mol. The van der Waals surface area contributed by atoms with E-state index in [0.717, 1.165) is 45.2 Å². The Hall–Kier alpha value is -2.46. The summed E-state index contributed by atoms with van der Waals surface area (Å²) in [4.78, 5) is 39.8. The molecule has 0 saturated carbocycles. The van der Waals surface area contributed by atoms with Gasteiger partial charge in [0.2, 0.25) is 5.91 Å². The van der Waals surface area contributed by atoms with Gasteiger partial charge in [0.05, 0.1) is 11.5 Å². The van der Waals surface area contributed by atoms with E-state index in [1.54, 1.807) is 0 Å². The first-order chi connectivity index (χ1) is 14.4. The summed E-state index contributed by atoms with van der Waals surface area (Å²) in [7, 11) is 0. The molecule has 3 aliphatic rings. The first-order valence-corrected chi connectivity index (χ1v) is 10.7. The van der Waals surface area contributed by atoms with Crippen molar-refractivity contribution in [2.75, 3.05) is 37.6 Å². The Morgan fingerprint density at radius 3 is 2.63 bits per heavy atom. The van der Waals surface area contributed by atoms with Gasteiger partial charge in [-0.3, -0.25) is 14.6 Å². The Morgan fingerprint density at radius 2 is 1.93 bits per heavy atom. The molecule has 1 aromatic heterocycles. The molecule has 1 aromatic rings. The number of hydrogen-bond acceptors (Lipinski definition) is 8. The lowest BCUT2D eigenvalue weighted by Gasteiger charge is -2.39. The van der Waals surface area contributed by atoms with E-state index in [1.165, 1.54) is 0 Å². The number of nitrogen functional groups attached to an aromatic ring is 2. The summed E-state index contributed by atoms with van der Waals surface area (Å²) in [6, 6.07) is 0. The van der Waals surface area contributed by atoms with Crippen LogP contribution in [0.25, 0.3) is 0 Å². The molecule has 6 N–H and O–H groups in total. The highest BCUT2D eigenvalue weighted by molar-refractivity contribution is 6.31. The van der Waals surface area contributed by atoms with Gasteiger partial charge in [-0.05, 0) is 38.6 Å². The zero-order chi connectivity index (χ0) is 21.3. The second-order valence-corrected chi connectivity index (χ2v) is 8.60. The van der Waals surface area contributed by atoms with Crippen molar-refractivity contribution in [3.8, 4) is 0 Å². The lowest BCUT2D eigenvalue weighted by molar-refractivity contribution is -0.137. The number of carbonyl (C=O) groups excluding carboxylic acids is 2. The van der Waals surface area contributed by atoms with E-state index in [2.05, 4.69) is 20.6 Å². The van der Waals surface area contributed by atoms with Crippen LogP contribution in [0.3, 0.4) is 0 Å². The van der Waals surface area contributed by atoms with Gasteiger partial charge >= 0.3 is 0 Å². The fourth-order valence-corrected chi connectivity index (χ4v) is 4.59. The minimum absolute atomic E-state index is 0.0202. The van der Waals surface area contributed by atoms with Crippen molar-refractivity contribution in [3.05, 3.63) is 10.8 Å². The molecule has 4 heterocycles. The molecule has 0 radical (unpaired) electrons. The second-order valence-electron chi connectivity index (χ2n) is 8.24. The predicted octanol–water partition coefficient (Wildman–Crippen LogP) is 0.577. The van der Waals surface area contributed by atoms with Crippen LogP contribution in [0, 0.1) is 5.92 Å². The largest absolute Gasteiger partial charge is 0.382 e. The van der Waals surface area contributed by atoms with Crippen LogP contribution in [0.15, 0.2) is 4.99 Å². The van der Waals surface area contributed by atoms with Gasteiger partial charge in [0.25, 0.3) is 5.91 Å². The summed E-state index contributed by atoms with van der Waals surface area (Å²) in [6.07, 6.45) is 5.11. The van der Waals surface area contributed by atoms with Gasteiger partial charge in [0, 0.05) is 26.1 Å². The number of anilines is 2. The van der Waals surface area contributed by atoms with Crippen molar-refractivity contribution in [1.82, 2.24) is 25.5 Å². The van der Waals surface area contributed by atoms with E-state index in [9.17, 15) is 9.59 Å². The quantitative estimate of drug-likeness (QED) is 0.531. The first kappa shape index (κ1) is 20.8. The average molecular weight is 435 g/mol. The number of amides is 2. The van der Waals surface area contributed by atoms with E-state index in [0.29, 0.717) is 25.3 Å². The number of halogens is 1. The lowest BCUT2D eigenvalue weighted by Crippen LogP contribution is -2.49. The van der Waals surface area contributed by atoms with Gasteiger partial charge in [-0.25, -0.2) is 9.97 Å². The molecular weight excluding hydrogens is 408 g/mol. The number of carbonyl (C=O) groups is 2. The molecule has 3 aliphatic heterocycles. The van der Waals surface area contributed by atoms with E-state index in [4.69, 9.17) is 28.1 Å². The molecule has 0 bridgehead atoms. The van der Waals surface area contributed by atoms with Gasteiger partial charge in [-0.2, -0.15) is 0 Å². The van der Waals surface area contributed by atoms with Crippen LogP contribution in [-0.2, 0) is 4.79 Å². The molecule has 10 nitrogen and oxygen atoms in total. The van der Waals surface area contributed by atoms with Gasteiger partial charge < -0.3 is 27.0 Å². The van der Waals surface area contributed by atoms with E-state index in [1.807, 2.05) is 4.90 Å². The number of nitrogens with two attached hydrogens (primary N) is 2. The maximum absolute atomic E-state index is 12.8. The molecule has 1 atom stereocenters. The zero-order valence-corrected chi connectivity index (χ0v) is 17.5. The minimum Gasteiger partial charge on any atom is -0.382 e. The van der Waals surface area contributed by atoms with Crippen LogP contribution in [0.1, 0.15) is 49.0 Å². The standard InChI is InChI=1S/C19H27ClN8O2/c20-14-16(22)26-15(21)13(25-14)17(29)24-12-3-4-19(27-12)5-8-28(9-6-19)18(30)11-2-1-7-23-10-11/h11,23H,1-10H2,(H4,21,22,26)(H,24,27,29). The SMILES string of the molecule is Nc1nc(N)c(C(=O)NC2=NC3(CC2)CCN(C(=O)C2CCCNC2)CC3)nc1Cl. The number of rotatable bonds is 2. The molecule has 2 fully saturated rings. The van der Waals surface area contributed by atoms with Crippen LogP contribution in [0.2, 0.25) is 5.15 Å². The summed E-state index contributed by atoms with van der Waals surface area (Å²) in [5, 5.41) is 6.02. The van der Waals surface area contributed by atoms with Crippen molar-refractivity contribution in [2.24, 2.45) is 10.9 Å². The highest BCUT2D eigenvalue weighted by Gasteiger charge is 2.40. The van der Waals surface area contributed by atoms with Gasteiger partial charge in [-0.15, -0.1) is 0 Å². The molecule has 2 amide bonds. The van der Waals surface area contributed by atoms with Gasteiger partial charge in [0.15, 0.2) is 22.5 Å². The monoisotopic (exact) mass is 434 g/mol. The van der Waals surface area contributed by atoms with Crippen molar-refractivity contribution < 1.29 is 9.59 Å². The fraction of sp³-hybridized carbons (Fsp3) is 0.632. The number of piperidine rings is 2. The molecule has 4 rings (SSSR count). The Morgan fingerprint density at radius 1 is 1.17 bits per heavy atom. The van der Waals surface area contributed by atoms with Crippen LogP contribution in [0.4, 0.5) is 11.6 Å². The average Bonchev–Trinajstić information content (AvgIpc) is 3.13. The Balaban J connectivity index is 1.36. The van der Waals surface area contributed by atoms with Crippen molar-refractivity contribution >= 4 is 40.9 Å². The number of amidine groups is 1. The summed E-state index contributed by atoms with van der Waals surface area (Å²) < 4.78 is 0. The van der Waals surface area contributed by atoms with Crippen LogP contribution >= 0.6 is 11.6 Å². The van der Waals surface area contributed by atoms with Gasteiger partial charge in [-0.1, -0.05) is 11.6 Å². The number of nitrogens with zero attached hydrogens (tertiary/aromatic N) is 4. The third-order valence-corrected chi connectivity index (χ3v) is 6.51. The highest BCUT2D eigenvalue weighted by atomic mass is 35.5. The molecule has 162 valence electrons. The first-order valence-electron chi connectivity index (χ1n) is 10.3. The van der Waals surface area contributed by atoms with E-state index >= 15 is 0 Å². The normalized spacial score (nSPS) is 23.3. The third kappa shape index (κ3) is 4.20. The molecule has 30 heavy (non-hydrogen) atoms. The maximum atomic E-state index is 12.8. The number of hydrogen-bond donors (Lipinski definition) is 4. The number of aliphatic imine (C=N–C) groups is 1. The van der Waals surface area contributed by atoms with Crippen molar-refractivity contribution in [2.45, 2.75) is 44.1 Å². The molecule has 1 spiro atoms. The van der Waals surface area contributed by atoms with Crippen LogP contribution in [-0.4, -0.2) is 64.2 Å². The van der Waals surface area contributed by atoms with Gasteiger partial charge in [0.1, 0.15) is 5.84 Å². The Bertz CT molecular complexity index is 876. The minimum atomic E-state index is -0.505. The second kappa shape index (κ2) is 8.35. The summed E-state index contributed by atoms with van der Waals surface area (Å²) in [5.74, 6) is 0.343. The Kier molecular flexibility index (Phi) is 5.79. The number of likely N-dealkylation sites (tertiary alicyclic amines) is 1. The zero-order valence-electron chi connectivity index (χ0n) is 16.8.